The van der Waals surface area contributed by atoms with Gasteiger partial charge in [-0.3, -0.25) is 9.59 Å². The molecule has 1 fully saturated rings. The van der Waals surface area contributed by atoms with Crippen LogP contribution in [0.25, 0.3) is 0 Å². The number of hydrogen-bond donors (Lipinski definition) is 2. The van der Waals surface area contributed by atoms with Gasteiger partial charge in [0.05, 0.1) is 4.90 Å². The number of nitrogens with one attached hydrogen (secondary N) is 1. The van der Waals surface area contributed by atoms with Crippen molar-refractivity contribution in [2.75, 3.05) is 18.4 Å². The van der Waals surface area contributed by atoms with Crippen LogP contribution in [0.15, 0.2) is 53.4 Å². The molecule has 3 rings (SSSR count). The number of hydrogen-bond acceptors (Lipinski definition) is 4. The van der Waals surface area contributed by atoms with Crippen molar-refractivity contribution in [1.82, 2.24) is 4.90 Å². The molecular weight excluding hydrogens is 409 g/mol. The van der Waals surface area contributed by atoms with Crippen molar-refractivity contribution in [3.05, 3.63) is 59.9 Å². The summed E-state index contributed by atoms with van der Waals surface area (Å²) >= 11 is 0. The van der Waals surface area contributed by atoms with Crippen molar-refractivity contribution < 1.29 is 22.4 Å². The van der Waals surface area contributed by atoms with E-state index >= 15 is 0 Å². The highest BCUT2D eigenvalue weighted by Gasteiger charge is 2.27. The molecule has 1 heterocycles. The Morgan fingerprint density at radius 1 is 1.07 bits per heavy atom. The van der Waals surface area contributed by atoms with Crippen molar-refractivity contribution in [2.24, 2.45) is 11.1 Å². The molecule has 3 N–H and O–H groups in total. The molecule has 30 heavy (non-hydrogen) atoms. The van der Waals surface area contributed by atoms with Gasteiger partial charge >= 0.3 is 0 Å². The lowest BCUT2D eigenvalue weighted by molar-refractivity contribution is -0.134. The summed E-state index contributed by atoms with van der Waals surface area (Å²) in [6.07, 6.45) is 1.65. The van der Waals surface area contributed by atoms with Crippen LogP contribution in [0.2, 0.25) is 0 Å². The minimum atomic E-state index is -3.78. The van der Waals surface area contributed by atoms with E-state index in [1.54, 1.807) is 23.1 Å². The lowest BCUT2D eigenvalue weighted by Gasteiger charge is -2.31. The first kappa shape index (κ1) is 21.9. The highest BCUT2D eigenvalue weighted by Crippen LogP contribution is 2.21. The molecule has 0 saturated carbocycles. The number of anilines is 1. The zero-order chi connectivity index (χ0) is 21.7. The summed E-state index contributed by atoms with van der Waals surface area (Å²) < 4.78 is 36.2. The smallest absolute Gasteiger partial charge is 0.238 e. The summed E-state index contributed by atoms with van der Waals surface area (Å²) in [5, 5.41) is 7.83. The summed E-state index contributed by atoms with van der Waals surface area (Å²) in [4.78, 5) is 26.6. The lowest BCUT2D eigenvalue weighted by Crippen LogP contribution is -2.41. The fourth-order valence-corrected chi connectivity index (χ4v) is 3.98. The number of likely N-dealkylation sites (tertiary alicyclic amines) is 1. The van der Waals surface area contributed by atoms with Crippen LogP contribution >= 0.6 is 0 Å². The quantitative estimate of drug-likeness (QED) is 0.728. The van der Waals surface area contributed by atoms with Crippen LogP contribution in [0.3, 0.4) is 0 Å². The monoisotopic (exact) mass is 433 g/mol. The van der Waals surface area contributed by atoms with E-state index in [1.165, 1.54) is 30.3 Å². The van der Waals surface area contributed by atoms with Gasteiger partial charge in [-0.2, -0.15) is 0 Å². The van der Waals surface area contributed by atoms with Crippen LogP contribution in [-0.4, -0.2) is 38.2 Å². The third kappa shape index (κ3) is 5.64. The molecule has 0 aromatic heterocycles. The van der Waals surface area contributed by atoms with Crippen molar-refractivity contribution in [3.63, 3.8) is 0 Å². The summed E-state index contributed by atoms with van der Waals surface area (Å²) in [7, 11) is -3.78. The molecule has 2 amide bonds. The maximum Gasteiger partial charge on any atom is 0.238 e. The number of carbonyl (C=O) groups is 2. The van der Waals surface area contributed by atoms with Gasteiger partial charge in [-0.05, 0) is 55.2 Å². The van der Waals surface area contributed by atoms with Crippen LogP contribution in [0, 0.1) is 11.7 Å². The van der Waals surface area contributed by atoms with E-state index in [1.807, 2.05) is 0 Å². The van der Waals surface area contributed by atoms with Gasteiger partial charge in [0, 0.05) is 31.1 Å². The first-order chi connectivity index (χ1) is 14.2. The average molecular weight is 434 g/mol. The maximum absolute atomic E-state index is 13.7. The van der Waals surface area contributed by atoms with Gasteiger partial charge in [-0.1, -0.05) is 18.2 Å². The number of carbonyl (C=O) groups excluding carboxylic acids is 2. The van der Waals surface area contributed by atoms with E-state index in [-0.39, 0.29) is 34.9 Å². The Bertz CT molecular complexity index is 1020. The van der Waals surface area contributed by atoms with E-state index in [9.17, 15) is 22.4 Å². The molecule has 1 saturated heterocycles. The van der Waals surface area contributed by atoms with Gasteiger partial charge in [-0.15, -0.1) is 0 Å². The topological polar surface area (TPSA) is 110 Å². The summed E-state index contributed by atoms with van der Waals surface area (Å²) in [6, 6.07) is 12.1. The van der Waals surface area contributed by atoms with E-state index in [2.05, 4.69) is 5.32 Å². The molecule has 1 aliphatic heterocycles. The fraction of sp³-hybridized carbons (Fsp3) is 0.333. The van der Waals surface area contributed by atoms with Gasteiger partial charge < -0.3 is 10.2 Å². The minimum absolute atomic E-state index is 0.0253. The molecule has 160 valence electrons. The Balaban J connectivity index is 1.47. The molecule has 1 aliphatic rings. The second-order valence-electron chi connectivity index (χ2n) is 7.31. The van der Waals surface area contributed by atoms with Gasteiger partial charge in [0.15, 0.2) is 0 Å². The zero-order valence-corrected chi connectivity index (χ0v) is 17.2. The zero-order valence-electron chi connectivity index (χ0n) is 16.4. The third-order valence-corrected chi connectivity index (χ3v) is 6.16. The number of amides is 2. The van der Waals surface area contributed by atoms with Crippen molar-refractivity contribution in [3.8, 4) is 0 Å². The summed E-state index contributed by atoms with van der Waals surface area (Å²) in [5.41, 5.74) is 1.00. The van der Waals surface area contributed by atoms with Crippen LogP contribution in [0.1, 0.15) is 24.8 Å². The van der Waals surface area contributed by atoms with Gasteiger partial charge in [0.1, 0.15) is 5.82 Å². The van der Waals surface area contributed by atoms with E-state index < -0.39 is 10.0 Å². The SMILES string of the molecule is NS(=O)(=O)c1ccc(NC(=O)C2CCN(C(=O)CCc3ccccc3F)CC2)cc1. The number of rotatable bonds is 6. The summed E-state index contributed by atoms with van der Waals surface area (Å²) in [6.45, 7) is 0.942. The van der Waals surface area contributed by atoms with Crippen LogP contribution in [0.4, 0.5) is 10.1 Å². The van der Waals surface area contributed by atoms with E-state index in [0.717, 1.165) is 0 Å². The van der Waals surface area contributed by atoms with Crippen molar-refractivity contribution >= 4 is 27.5 Å². The predicted octanol–water partition coefficient (Wildman–Crippen LogP) is 2.28. The van der Waals surface area contributed by atoms with E-state index in [0.29, 0.717) is 43.6 Å². The number of nitrogens with zero attached hydrogens (tertiary/aromatic N) is 1. The molecule has 2 aromatic rings. The summed E-state index contributed by atoms with van der Waals surface area (Å²) in [5.74, 6) is -0.760. The largest absolute Gasteiger partial charge is 0.343 e. The molecule has 0 radical (unpaired) electrons. The number of halogens is 1. The number of benzene rings is 2. The molecular formula is C21H24FN3O4S. The highest BCUT2D eigenvalue weighted by atomic mass is 32.2. The van der Waals surface area contributed by atoms with Crippen LogP contribution < -0.4 is 10.5 Å². The Labute approximate surface area is 175 Å². The van der Waals surface area contributed by atoms with Gasteiger partial charge in [-0.25, -0.2) is 17.9 Å². The number of nitrogens with two attached hydrogens (primary N) is 1. The first-order valence-electron chi connectivity index (χ1n) is 9.69. The number of aryl methyl sites for hydroxylation is 1. The van der Waals surface area contributed by atoms with E-state index in [4.69, 9.17) is 5.14 Å². The third-order valence-electron chi connectivity index (χ3n) is 5.23. The number of piperidine rings is 1. The number of sulfonamides is 1. The fourth-order valence-electron chi connectivity index (χ4n) is 3.46. The Morgan fingerprint density at radius 3 is 2.30 bits per heavy atom. The highest BCUT2D eigenvalue weighted by molar-refractivity contribution is 7.89. The minimum Gasteiger partial charge on any atom is -0.343 e. The van der Waals surface area contributed by atoms with Crippen LogP contribution in [0.5, 0.6) is 0 Å². The molecule has 0 aliphatic carbocycles. The molecule has 2 aromatic carbocycles. The Morgan fingerprint density at radius 2 is 1.70 bits per heavy atom. The molecule has 0 spiro atoms. The molecule has 7 nitrogen and oxygen atoms in total. The Hall–Kier alpha value is -2.78. The van der Waals surface area contributed by atoms with Gasteiger partial charge in [0.25, 0.3) is 0 Å². The predicted molar refractivity (Wildman–Crippen MR) is 110 cm³/mol. The normalized spacial score (nSPS) is 15.1. The average Bonchev–Trinajstić information content (AvgIpc) is 2.73. The molecule has 0 unspecified atom stereocenters. The standard InChI is InChI=1S/C21H24FN3O4S/c22-19-4-2-1-3-15(19)5-10-20(26)25-13-11-16(12-14-25)21(27)24-17-6-8-18(9-7-17)30(23,28)29/h1-4,6-9,16H,5,10-14H2,(H,24,27)(H2,23,28,29). The second-order valence-corrected chi connectivity index (χ2v) is 8.87. The molecule has 0 bridgehead atoms. The second kappa shape index (κ2) is 9.36. The number of primary sulfonamides is 1. The lowest BCUT2D eigenvalue weighted by atomic mass is 9.95. The van der Waals surface area contributed by atoms with Gasteiger partial charge in [0.2, 0.25) is 21.8 Å². The van der Waals surface area contributed by atoms with Crippen LogP contribution in [-0.2, 0) is 26.0 Å². The maximum atomic E-state index is 13.7. The molecule has 0 atom stereocenters. The molecule has 9 heteroatoms. The van der Waals surface area contributed by atoms with Crippen molar-refractivity contribution in [2.45, 2.75) is 30.6 Å². The first-order valence-corrected chi connectivity index (χ1v) is 11.2. The van der Waals surface area contributed by atoms with Crippen molar-refractivity contribution in [1.29, 1.82) is 0 Å². The Kier molecular flexibility index (Phi) is 6.84.